The topological polar surface area (TPSA) is 41.6 Å². The molecule has 6 heteroatoms. The first-order valence-electron chi connectivity index (χ1n) is 9.32. The number of nitrogens with one attached hydrogen (secondary N) is 1. The fourth-order valence-corrected chi connectivity index (χ4v) is 3.93. The molecule has 0 aliphatic carbocycles. The molecule has 2 aromatic carbocycles. The molecule has 1 aliphatic heterocycles. The van der Waals surface area contributed by atoms with Gasteiger partial charge in [-0.3, -0.25) is 5.32 Å². The first kappa shape index (κ1) is 21.0. The number of nitrogens with zero attached hydrogens (tertiary/aromatic N) is 1. The van der Waals surface area contributed by atoms with Crippen molar-refractivity contribution < 1.29 is 9.53 Å². The highest BCUT2D eigenvalue weighted by atomic mass is 35.5. The summed E-state index contributed by atoms with van der Waals surface area (Å²) in [7, 11) is 2.09. The van der Waals surface area contributed by atoms with Crippen molar-refractivity contribution in [2.75, 3.05) is 25.5 Å². The van der Waals surface area contributed by atoms with Crippen molar-refractivity contribution in [2.24, 2.45) is 5.41 Å². The second-order valence-electron chi connectivity index (χ2n) is 8.59. The van der Waals surface area contributed by atoms with Crippen molar-refractivity contribution in [3.63, 3.8) is 0 Å². The van der Waals surface area contributed by atoms with Crippen LogP contribution in [0.4, 0.5) is 10.5 Å². The molecule has 2 aromatic rings. The second kappa shape index (κ2) is 8.32. The third-order valence-electron chi connectivity index (χ3n) is 4.69. The molecule has 0 saturated heterocycles. The molecule has 0 spiro atoms. The molecule has 1 unspecified atom stereocenters. The maximum atomic E-state index is 12.0. The highest BCUT2D eigenvalue weighted by molar-refractivity contribution is 6.35. The summed E-state index contributed by atoms with van der Waals surface area (Å²) in [5.41, 5.74) is 4.08. The van der Waals surface area contributed by atoms with E-state index >= 15 is 0 Å². The van der Waals surface area contributed by atoms with Gasteiger partial charge in [-0.1, -0.05) is 56.1 Å². The summed E-state index contributed by atoms with van der Waals surface area (Å²) in [5, 5.41) is 4.14. The molecule has 1 N–H and O–H groups in total. The average Bonchev–Trinajstić information content (AvgIpc) is 2.60. The number of anilines is 1. The number of carbonyl (C=O) groups is 1. The van der Waals surface area contributed by atoms with Gasteiger partial charge < -0.3 is 9.64 Å². The fraction of sp³-hybridized carbons (Fsp3) is 0.409. The summed E-state index contributed by atoms with van der Waals surface area (Å²) in [5.74, 6) is 0.173. The Hall–Kier alpha value is -1.75. The minimum Gasteiger partial charge on any atom is -0.449 e. The van der Waals surface area contributed by atoms with Crippen molar-refractivity contribution in [2.45, 2.75) is 33.2 Å². The van der Waals surface area contributed by atoms with Crippen molar-refractivity contribution in [3.05, 3.63) is 63.1 Å². The highest BCUT2D eigenvalue weighted by Crippen LogP contribution is 2.38. The lowest BCUT2D eigenvalue weighted by Gasteiger charge is -2.33. The van der Waals surface area contributed by atoms with Crippen LogP contribution in [0.2, 0.25) is 10.0 Å². The lowest BCUT2D eigenvalue weighted by Crippen LogP contribution is -2.31. The minimum atomic E-state index is -0.441. The molecule has 0 radical (unpaired) electrons. The highest BCUT2D eigenvalue weighted by Gasteiger charge is 2.27. The number of amides is 1. The average molecular weight is 421 g/mol. The Kier molecular flexibility index (Phi) is 6.23. The maximum absolute atomic E-state index is 12.0. The van der Waals surface area contributed by atoms with Crippen molar-refractivity contribution in [3.8, 4) is 0 Å². The molecule has 0 bridgehead atoms. The Morgan fingerprint density at radius 3 is 2.54 bits per heavy atom. The molecule has 1 heterocycles. The number of benzene rings is 2. The smallest absolute Gasteiger partial charge is 0.411 e. The zero-order chi connectivity index (χ0) is 20.5. The largest absolute Gasteiger partial charge is 0.449 e. The van der Waals surface area contributed by atoms with Crippen molar-refractivity contribution in [1.82, 2.24) is 4.90 Å². The summed E-state index contributed by atoms with van der Waals surface area (Å²) in [6, 6.07) is 11.7. The maximum Gasteiger partial charge on any atom is 0.411 e. The Morgan fingerprint density at radius 2 is 1.89 bits per heavy atom. The molecule has 1 amide bonds. The first-order chi connectivity index (χ1) is 13.1. The molecule has 1 atom stereocenters. The molecule has 150 valence electrons. The number of fused-ring (bicyclic) bond motifs is 1. The van der Waals surface area contributed by atoms with Gasteiger partial charge in [-0.15, -0.1) is 0 Å². The lowest BCUT2D eigenvalue weighted by molar-refractivity contribution is 0.118. The fourth-order valence-electron chi connectivity index (χ4n) is 3.37. The molecule has 4 nitrogen and oxygen atoms in total. The van der Waals surface area contributed by atoms with Crippen LogP contribution in [0.25, 0.3) is 0 Å². The minimum absolute atomic E-state index is 0.0653. The first-order valence-corrected chi connectivity index (χ1v) is 10.1. The Balaban J connectivity index is 1.76. The van der Waals surface area contributed by atoms with E-state index in [0.717, 1.165) is 24.2 Å². The SMILES string of the molecule is CN1Cc2c(Cl)cc(Cl)cc2C(c2ccc(NC(=O)OCC(C)(C)C)cc2)C1. The molecular weight excluding hydrogens is 395 g/mol. The Morgan fingerprint density at radius 1 is 1.21 bits per heavy atom. The van der Waals surface area contributed by atoms with E-state index in [1.54, 1.807) is 6.07 Å². The van der Waals surface area contributed by atoms with E-state index in [1.165, 1.54) is 5.56 Å². The van der Waals surface area contributed by atoms with E-state index in [2.05, 4.69) is 17.3 Å². The van der Waals surface area contributed by atoms with Crippen LogP contribution in [0.15, 0.2) is 36.4 Å². The van der Waals surface area contributed by atoms with Crippen molar-refractivity contribution in [1.29, 1.82) is 0 Å². The van der Waals surface area contributed by atoms with Crippen LogP contribution in [-0.4, -0.2) is 31.2 Å². The van der Waals surface area contributed by atoms with Crippen LogP contribution in [0.3, 0.4) is 0 Å². The van der Waals surface area contributed by atoms with Gasteiger partial charge in [-0.2, -0.15) is 0 Å². The molecule has 0 aromatic heterocycles. The van der Waals surface area contributed by atoms with E-state index in [9.17, 15) is 4.79 Å². The Labute approximate surface area is 176 Å². The van der Waals surface area contributed by atoms with Crippen LogP contribution in [0.5, 0.6) is 0 Å². The summed E-state index contributed by atoms with van der Waals surface area (Å²) in [6.45, 7) is 8.11. The number of halogens is 2. The van der Waals surface area contributed by atoms with Gasteiger partial charge in [0.2, 0.25) is 0 Å². The summed E-state index contributed by atoms with van der Waals surface area (Å²) in [4.78, 5) is 14.2. The van der Waals surface area contributed by atoms with Crippen molar-refractivity contribution >= 4 is 35.0 Å². The number of hydrogen-bond donors (Lipinski definition) is 1. The summed E-state index contributed by atoms with van der Waals surface area (Å²) in [6.07, 6.45) is -0.441. The molecule has 3 rings (SSSR count). The van der Waals surface area contributed by atoms with E-state index in [-0.39, 0.29) is 11.3 Å². The number of likely N-dealkylation sites (N-methyl/N-ethyl adjacent to an activating group) is 1. The van der Waals surface area contributed by atoms with E-state index < -0.39 is 6.09 Å². The van der Waals surface area contributed by atoms with Crippen LogP contribution >= 0.6 is 23.2 Å². The zero-order valence-corrected chi connectivity index (χ0v) is 18.2. The lowest BCUT2D eigenvalue weighted by atomic mass is 9.85. The van der Waals surface area contributed by atoms with Gasteiger partial charge in [-0.25, -0.2) is 4.79 Å². The van der Waals surface area contributed by atoms with Gasteiger partial charge >= 0.3 is 6.09 Å². The molecular formula is C22H26Cl2N2O2. The number of hydrogen-bond acceptors (Lipinski definition) is 3. The molecule has 0 saturated carbocycles. The van der Waals surface area contributed by atoms with Gasteiger partial charge in [0.15, 0.2) is 0 Å². The van der Waals surface area contributed by atoms with Crippen LogP contribution in [0, 0.1) is 5.41 Å². The number of ether oxygens (including phenoxy) is 1. The number of rotatable bonds is 3. The molecule has 0 fully saturated rings. The zero-order valence-electron chi connectivity index (χ0n) is 16.7. The molecule has 28 heavy (non-hydrogen) atoms. The van der Waals surface area contributed by atoms with E-state index in [1.807, 2.05) is 51.1 Å². The third-order valence-corrected chi connectivity index (χ3v) is 5.24. The van der Waals surface area contributed by atoms with Crippen LogP contribution in [0.1, 0.15) is 43.4 Å². The van der Waals surface area contributed by atoms with Gasteiger partial charge in [-0.05, 0) is 53.4 Å². The van der Waals surface area contributed by atoms with E-state index in [0.29, 0.717) is 22.3 Å². The predicted molar refractivity (Wildman–Crippen MR) is 116 cm³/mol. The van der Waals surface area contributed by atoms with E-state index in [4.69, 9.17) is 27.9 Å². The number of carbonyl (C=O) groups excluding carboxylic acids is 1. The van der Waals surface area contributed by atoms with Gasteiger partial charge in [0, 0.05) is 34.7 Å². The normalized spacial score (nSPS) is 17.1. The second-order valence-corrected chi connectivity index (χ2v) is 9.43. The quantitative estimate of drug-likeness (QED) is 0.645. The van der Waals surface area contributed by atoms with Crippen LogP contribution in [-0.2, 0) is 11.3 Å². The van der Waals surface area contributed by atoms with Gasteiger partial charge in [0.25, 0.3) is 0 Å². The molecule has 1 aliphatic rings. The third kappa shape index (κ3) is 5.19. The van der Waals surface area contributed by atoms with Gasteiger partial charge in [0.05, 0.1) is 6.61 Å². The summed E-state index contributed by atoms with van der Waals surface area (Å²) >= 11 is 12.7. The predicted octanol–water partition coefficient (Wildman–Crippen LogP) is 6.17. The monoisotopic (exact) mass is 420 g/mol. The Bertz CT molecular complexity index is 860. The van der Waals surface area contributed by atoms with Crippen LogP contribution < -0.4 is 5.32 Å². The standard InChI is InChI=1S/C22H26Cl2N2O2/c1-22(2,3)13-28-21(27)25-16-7-5-14(6-8-16)18-11-26(4)12-19-17(18)9-15(23)10-20(19)24/h5-10,18H,11-13H2,1-4H3,(H,25,27). The summed E-state index contributed by atoms with van der Waals surface area (Å²) < 4.78 is 5.26. The van der Waals surface area contributed by atoms with Gasteiger partial charge in [0.1, 0.15) is 0 Å².